The maximum absolute atomic E-state index is 11.8. The zero-order chi connectivity index (χ0) is 16.5. The number of hydrogen-bond acceptors (Lipinski definition) is 5. The molecule has 1 amide bonds. The fourth-order valence-corrected chi connectivity index (χ4v) is 3.92. The Bertz CT molecular complexity index is 393. The Hall–Kier alpha value is -0.690. The molecule has 1 unspecified atom stereocenters. The van der Waals surface area contributed by atoms with Crippen molar-refractivity contribution >= 4 is 5.91 Å². The van der Waals surface area contributed by atoms with E-state index in [1.165, 1.54) is 5.06 Å². The van der Waals surface area contributed by atoms with E-state index in [9.17, 15) is 10.0 Å². The van der Waals surface area contributed by atoms with Gasteiger partial charge in [-0.05, 0) is 40.5 Å². The summed E-state index contributed by atoms with van der Waals surface area (Å²) >= 11 is 0. The van der Waals surface area contributed by atoms with Crippen LogP contribution in [0.4, 0.5) is 0 Å². The van der Waals surface area contributed by atoms with Crippen LogP contribution in [0.3, 0.4) is 0 Å². The molecule has 0 aromatic carbocycles. The van der Waals surface area contributed by atoms with E-state index in [-0.39, 0.29) is 23.2 Å². The fourth-order valence-electron chi connectivity index (χ4n) is 3.92. The Morgan fingerprint density at radius 1 is 1.27 bits per heavy atom. The highest BCUT2D eigenvalue weighted by Gasteiger charge is 2.47. The summed E-state index contributed by atoms with van der Waals surface area (Å²) in [6.07, 6.45) is 2.15. The number of hydrogen-bond donors (Lipinski definition) is 2. The highest BCUT2D eigenvalue weighted by Crippen LogP contribution is 2.39. The van der Waals surface area contributed by atoms with Gasteiger partial charge in [0.1, 0.15) is 6.17 Å². The molecule has 2 N–H and O–H groups in total. The number of piperidine rings is 1. The van der Waals surface area contributed by atoms with Gasteiger partial charge in [0.25, 0.3) is 0 Å². The lowest BCUT2D eigenvalue weighted by Crippen LogP contribution is -2.67. The number of carbonyl (C=O) groups excluding carboxylic acids is 1. The van der Waals surface area contributed by atoms with Crippen LogP contribution in [0.5, 0.6) is 0 Å². The highest BCUT2D eigenvalue weighted by molar-refractivity contribution is 5.75. The zero-order valence-electron chi connectivity index (χ0n) is 14.6. The molecule has 2 aliphatic heterocycles. The van der Waals surface area contributed by atoms with E-state index in [0.29, 0.717) is 25.7 Å². The summed E-state index contributed by atoms with van der Waals surface area (Å²) in [5, 5.41) is 15.0. The first-order valence-electron chi connectivity index (χ1n) is 8.29. The summed E-state index contributed by atoms with van der Waals surface area (Å²) in [5.74, 6) is 0.0543. The first kappa shape index (κ1) is 17.7. The van der Waals surface area contributed by atoms with Gasteiger partial charge in [0, 0.05) is 30.1 Å². The molecule has 128 valence electrons. The SMILES string of the molecule is CCC(=O)NC1COCCN1C1CC(C)(C)N(O)C(C)(C)C1. The Morgan fingerprint density at radius 2 is 1.86 bits per heavy atom. The standard InChI is InChI=1S/C16H31N3O3/c1-6-14(20)17-13-11-22-8-7-18(13)12-9-15(2,3)19(21)16(4,5)10-12/h12-13,21H,6-11H2,1-5H3,(H,17,20). The van der Waals surface area contributed by atoms with Crippen LogP contribution < -0.4 is 5.32 Å². The number of morpholine rings is 1. The second-order valence-corrected chi connectivity index (χ2v) is 7.75. The Kier molecular flexibility index (Phi) is 5.16. The summed E-state index contributed by atoms with van der Waals surface area (Å²) in [6, 6.07) is 0.319. The number of rotatable bonds is 3. The van der Waals surface area contributed by atoms with Crippen LogP contribution in [0.15, 0.2) is 0 Å². The lowest BCUT2D eigenvalue weighted by molar-refractivity contribution is -0.255. The van der Waals surface area contributed by atoms with Crippen molar-refractivity contribution in [2.24, 2.45) is 0 Å². The van der Waals surface area contributed by atoms with Crippen molar-refractivity contribution in [1.29, 1.82) is 0 Å². The lowest BCUT2D eigenvalue weighted by Gasteiger charge is -2.55. The van der Waals surface area contributed by atoms with Gasteiger partial charge in [0.2, 0.25) is 5.91 Å². The first-order chi connectivity index (χ1) is 10.2. The fraction of sp³-hybridized carbons (Fsp3) is 0.938. The summed E-state index contributed by atoms with van der Waals surface area (Å²) in [5.41, 5.74) is -0.575. The highest BCUT2D eigenvalue weighted by atomic mass is 16.5. The van der Waals surface area contributed by atoms with Gasteiger partial charge in [-0.2, -0.15) is 5.06 Å². The summed E-state index contributed by atoms with van der Waals surface area (Å²) in [4.78, 5) is 14.1. The van der Waals surface area contributed by atoms with Crippen LogP contribution in [0.1, 0.15) is 53.9 Å². The molecular weight excluding hydrogens is 282 g/mol. The van der Waals surface area contributed by atoms with E-state index in [1.54, 1.807) is 0 Å². The molecule has 0 aliphatic carbocycles. The molecule has 2 saturated heterocycles. The van der Waals surface area contributed by atoms with E-state index in [1.807, 2.05) is 6.92 Å². The van der Waals surface area contributed by atoms with E-state index in [2.05, 4.69) is 37.9 Å². The largest absolute Gasteiger partial charge is 0.377 e. The van der Waals surface area contributed by atoms with E-state index < -0.39 is 0 Å². The van der Waals surface area contributed by atoms with Gasteiger partial charge in [0.05, 0.1) is 13.2 Å². The third kappa shape index (κ3) is 3.62. The molecule has 2 heterocycles. The number of carbonyl (C=O) groups is 1. The molecule has 22 heavy (non-hydrogen) atoms. The van der Waals surface area contributed by atoms with Crippen molar-refractivity contribution in [1.82, 2.24) is 15.3 Å². The molecular formula is C16H31N3O3. The summed E-state index contributed by atoms with van der Waals surface area (Å²) in [6.45, 7) is 12.2. The van der Waals surface area contributed by atoms with Crippen LogP contribution >= 0.6 is 0 Å². The molecule has 0 spiro atoms. The van der Waals surface area contributed by atoms with Gasteiger partial charge in [-0.25, -0.2) is 0 Å². The Balaban J connectivity index is 2.15. The van der Waals surface area contributed by atoms with Crippen LogP contribution in [-0.4, -0.2) is 64.1 Å². The predicted molar refractivity (Wildman–Crippen MR) is 84.6 cm³/mol. The lowest BCUT2D eigenvalue weighted by atomic mass is 9.78. The smallest absolute Gasteiger partial charge is 0.221 e. The molecule has 1 atom stereocenters. The van der Waals surface area contributed by atoms with Crippen molar-refractivity contribution in [2.45, 2.75) is 77.2 Å². The summed E-state index contributed by atoms with van der Waals surface area (Å²) in [7, 11) is 0. The van der Waals surface area contributed by atoms with Crippen molar-refractivity contribution in [2.75, 3.05) is 19.8 Å². The average Bonchev–Trinajstić information content (AvgIpc) is 2.44. The van der Waals surface area contributed by atoms with Gasteiger partial charge in [0.15, 0.2) is 0 Å². The van der Waals surface area contributed by atoms with Crippen LogP contribution in [0.25, 0.3) is 0 Å². The molecule has 6 heteroatoms. The minimum atomic E-state index is -0.288. The third-order valence-corrected chi connectivity index (χ3v) is 4.90. The average molecular weight is 313 g/mol. The third-order valence-electron chi connectivity index (χ3n) is 4.90. The molecule has 0 radical (unpaired) electrons. The normalized spacial score (nSPS) is 30.2. The molecule has 2 aliphatic rings. The first-order valence-corrected chi connectivity index (χ1v) is 8.29. The monoisotopic (exact) mass is 313 g/mol. The van der Waals surface area contributed by atoms with E-state index >= 15 is 0 Å². The van der Waals surface area contributed by atoms with Crippen LogP contribution in [-0.2, 0) is 9.53 Å². The van der Waals surface area contributed by atoms with Crippen LogP contribution in [0, 0.1) is 0 Å². The van der Waals surface area contributed by atoms with Crippen molar-refractivity contribution in [3.63, 3.8) is 0 Å². The minimum absolute atomic E-state index is 0.0543. The van der Waals surface area contributed by atoms with E-state index in [0.717, 1.165) is 19.4 Å². The van der Waals surface area contributed by atoms with Gasteiger partial charge < -0.3 is 15.3 Å². The molecule has 0 aromatic rings. The second-order valence-electron chi connectivity index (χ2n) is 7.75. The topological polar surface area (TPSA) is 65.0 Å². The number of nitrogens with zero attached hydrogens (tertiary/aromatic N) is 2. The predicted octanol–water partition coefficient (Wildman–Crippen LogP) is 1.58. The van der Waals surface area contributed by atoms with Gasteiger partial charge in [-0.3, -0.25) is 9.69 Å². The molecule has 0 aromatic heterocycles. The van der Waals surface area contributed by atoms with Crippen molar-refractivity contribution in [3.8, 4) is 0 Å². The van der Waals surface area contributed by atoms with Crippen molar-refractivity contribution < 1.29 is 14.7 Å². The minimum Gasteiger partial charge on any atom is -0.377 e. The van der Waals surface area contributed by atoms with Gasteiger partial charge >= 0.3 is 0 Å². The Labute approximate surface area is 133 Å². The quantitative estimate of drug-likeness (QED) is 0.828. The maximum atomic E-state index is 11.8. The second kappa shape index (κ2) is 6.43. The van der Waals surface area contributed by atoms with Gasteiger partial charge in [-0.1, -0.05) is 6.92 Å². The number of nitrogens with one attached hydrogen (secondary N) is 1. The van der Waals surface area contributed by atoms with E-state index in [4.69, 9.17) is 4.74 Å². The Morgan fingerprint density at radius 3 is 2.41 bits per heavy atom. The molecule has 0 bridgehead atoms. The molecule has 2 fully saturated rings. The number of amides is 1. The summed E-state index contributed by atoms with van der Waals surface area (Å²) < 4.78 is 5.56. The van der Waals surface area contributed by atoms with Gasteiger partial charge in [-0.15, -0.1) is 0 Å². The molecule has 2 rings (SSSR count). The molecule has 6 nitrogen and oxygen atoms in total. The number of hydroxylamine groups is 2. The maximum Gasteiger partial charge on any atom is 0.221 e. The van der Waals surface area contributed by atoms with Crippen LogP contribution in [0.2, 0.25) is 0 Å². The molecule has 0 saturated carbocycles. The zero-order valence-corrected chi connectivity index (χ0v) is 14.6. The van der Waals surface area contributed by atoms with Crippen molar-refractivity contribution in [3.05, 3.63) is 0 Å². The number of ether oxygens (including phenoxy) is 1.